The lowest BCUT2D eigenvalue weighted by atomic mass is 10.0. The molecule has 0 fully saturated rings. The Balaban J connectivity index is 1.98. The Morgan fingerprint density at radius 2 is 1.61 bits per heavy atom. The topological polar surface area (TPSA) is 72.2 Å². The van der Waals surface area contributed by atoms with Gasteiger partial charge in [0.15, 0.2) is 0 Å². The van der Waals surface area contributed by atoms with Gasteiger partial charge in [-0.3, -0.25) is 9.59 Å². The third-order valence-corrected chi connectivity index (χ3v) is 3.84. The fourth-order valence-corrected chi connectivity index (χ4v) is 2.38. The summed E-state index contributed by atoms with van der Waals surface area (Å²) in [6, 6.07) is 12.3. The van der Waals surface area contributed by atoms with Crippen LogP contribution < -0.4 is 11.1 Å². The summed E-state index contributed by atoms with van der Waals surface area (Å²) in [6.07, 6.45) is 0.377. The summed E-state index contributed by atoms with van der Waals surface area (Å²) in [4.78, 5) is 23.6. The molecule has 120 valence electrons. The first-order valence-corrected chi connectivity index (χ1v) is 7.81. The number of rotatable bonds is 6. The van der Waals surface area contributed by atoms with Crippen LogP contribution in [0.25, 0.3) is 0 Å². The molecule has 6 heteroatoms. The summed E-state index contributed by atoms with van der Waals surface area (Å²) in [7, 11) is 0. The summed E-state index contributed by atoms with van der Waals surface area (Å²) in [5, 5.41) is 2.62. The molecular formula is C17H16BrFN2O2. The van der Waals surface area contributed by atoms with Crippen molar-refractivity contribution >= 4 is 27.7 Å². The van der Waals surface area contributed by atoms with Gasteiger partial charge in [0.2, 0.25) is 11.8 Å². The van der Waals surface area contributed by atoms with Crippen molar-refractivity contribution in [3.05, 3.63) is 69.9 Å². The average molecular weight is 379 g/mol. The zero-order chi connectivity index (χ0) is 16.8. The minimum atomic E-state index is -0.788. The van der Waals surface area contributed by atoms with Crippen LogP contribution in [-0.4, -0.2) is 17.9 Å². The second-order valence-corrected chi connectivity index (χ2v) is 6.07. The molecule has 4 nitrogen and oxygen atoms in total. The van der Waals surface area contributed by atoms with Gasteiger partial charge in [0.25, 0.3) is 0 Å². The highest BCUT2D eigenvalue weighted by atomic mass is 79.9. The summed E-state index contributed by atoms with van der Waals surface area (Å²) in [5.41, 5.74) is 6.91. The molecular weight excluding hydrogens is 363 g/mol. The molecule has 0 aliphatic carbocycles. The van der Waals surface area contributed by atoms with E-state index in [4.69, 9.17) is 5.73 Å². The van der Waals surface area contributed by atoms with Crippen LogP contribution >= 0.6 is 15.9 Å². The molecule has 0 aliphatic heterocycles. The molecule has 0 spiro atoms. The van der Waals surface area contributed by atoms with E-state index in [9.17, 15) is 14.0 Å². The van der Waals surface area contributed by atoms with Gasteiger partial charge in [-0.15, -0.1) is 0 Å². The van der Waals surface area contributed by atoms with Crippen molar-refractivity contribution in [1.82, 2.24) is 5.32 Å². The Bertz CT molecular complexity index is 687. The van der Waals surface area contributed by atoms with Crippen molar-refractivity contribution in [3.63, 3.8) is 0 Å². The van der Waals surface area contributed by atoms with Gasteiger partial charge < -0.3 is 11.1 Å². The molecule has 23 heavy (non-hydrogen) atoms. The highest BCUT2D eigenvalue weighted by Crippen LogP contribution is 2.12. The second kappa shape index (κ2) is 7.87. The molecule has 0 bridgehead atoms. The lowest BCUT2D eigenvalue weighted by Gasteiger charge is -2.15. The second-order valence-electron chi connectivity index (χ2n) is 5.16. The monoisotopic (exact) mass is 378 g/mol. The lowest BCUT2D eigenvalue weighted by molar-refractivity contribution is -0.127. The first-order chi connectivity index (χ1) is 10.9. The summed E-state index contributed by atoms with van der Waals surface area (Å²) in [5.74, 6) is -1.29. The molecule has 0 saturated carbocycles. The molecule has 0 aliphatic rings. The minimum Gasteiger partial charge on any atom is -0.368 e. The first kappa shape index (κ1) is 17.1. The summed E-state index contributed by atoms with van der Waals surface area (Å²) < 4.78 is 13.8. The number of carbonyl (C=O) groups is 2. The van der Waals surface area contributed by atoms with Crippen LogP contribution in [-0.2, 0) is 22.4 Å². The quantitative estimate of drug-likeness (QED) is 0.809. The highest BCUT2D eigenvalue weighted by Gasteiger charge is 2.18. The number of amides is 2. The fourth-order valence-electron chi connectivity index (χ4n) is 2.11. The highest BCUT2D eigenvalue weighted by molar-refractivity contribution is 9.10. The van der Waals surface area contributed by atoms with E-state index < -0.39 is 11.9 Å². The van der Waals surface area contributed by atoms with E-state index in [2.05, 4.69) is 21.2 Å². The number of primary amides is 1. The number of nitrogens with one attached hydrogen (secondary N) is 1. The van der Waals surface area contributed by atoms with Crippen LogP contribution in [0.4, 0.5) is 4.39 Å². The molecule has 3 N–H and O–H groups in total. The maximum atomic E-state index is 12.8. The largest absolute Gasteiger partial charge is 0.368 e. The van der Waals surface area contributed by atoms with Gasteiger partial charge in [-0.1, -0.05) is 40.2 Å². The maximum absolute atomic E-state index is 12.8. The molecule has 2 amide bonds. The molecule has 0 heterocycles. The van der Waals surface area contributed by atoms with Crippen molar-refractivity contribution in [2.45, 2.75) is 18.9 Å². The molecule has 0 unspecified atom stereocenters. The van der Waals surface area contributed by atoms with E-state index in [-0.39, 0.29) is 18.1 Å². The van der Waals surface area contributed by atoms with E-state index in [1.807, 2.05) is 24.3 Å². The zero-order valence-corrected chi connectivity index (χ0v) is 13.8. The summed E-state index contributed by atoms with van der Waals surface area (Å²) >= 11 is 3.33. The van der Waals surface area contributed by atoms with Crippen LogP contribution in [0.2, 0.25) is 0 Å². The molecule has 0 aromatic heterocycles. The zero-order valence-electron chi connectivity index (χ0n) is 12.3. The molecule has 0 saturated heterocycles. The standard InChI is InChI=1S/C17H16BrFN2O2/c18-13-5-1-11(2-6-13)9-15(17(20)23)21-16(22)10-12-3-7-14(19)8-4-12/h1-8,15H,9-10H2,(H2,20,23)(H,21,22)/t15-/m1/s1. The Kier molecular flexibility index (Phi) is 5.87. The fraction of sp³-hybridized carbons (Fsp3) is 0.176. The van der Waals surface area contributed by atoms with Crippen LogP contribution in [0.5, 0.6) is 0 Å². The van der Waals surface area contributed by atoms with Gasteiger partial charge in [-0.05, 0) is 35.4 Å². The van der Waals surface area contributed by atoms with Crippen LogP contribution in [0.3, 0.4) is 0 Å². The van der Waals surface area contributed by atoms with E-state index in [0.29, 0.717) is 12.0 Å². The van der Waals surface area contributed by atoms with Crippen LogP contribution in [0.15, 0.2) is 53.0 Å². The molecule has 2 rings (SSSR count). The Morgan fingerprint density at radius 3 is 2.17 bits per heavy atom. The van der Waals surface area contributed by atoms with Crippen molar-refractivity contribution in [3.8, 4) is 0 Å². The van der Waals surface area contributed by atoms with E-state index >= 15 is 0 Å². The Labute approximate surface area is 142 Å². The lowest BCUT2D eigenvalue weighted by Crippen LogP contribution is -2.46. The van der Waals surface area contributed by atoms with Gasteiger partial charge in [0, 0.05) is 10.9 Å². The number of hydrogen-bond donors (Lipinski definition) is 2. The smallest absolute Gasteiger partial charge is 0.240 e. The predicted molar refractivity (Wildman–Crippen MR) is 89.1 cm³/mol. The molecule has 0 radical (unpaired) electrons. The van der Waals surface area contributed by atoms with Crippen LogP contribution in [0.1, 0.15) is 11.1 Å². The van der Waals surface area contributed by atoms with Gasteiger partial charge >= 0.3 is 0 Å². The first-order valence-electron chi connectivity index (χ1n) is 7.01. The van der Waals surface area contributed by atoms with E-state index in [1.165, 1.54) is 24.3 Å². The molecule has 1 atom stereocenters. The van der Waals surface area contributed by atoms with Crippen molar-refractivity contribution in [2.75, 3.05) is 0 Å². The molecule has 2 aromatic rings. The number of hydrogen-bond acceptors (Lipinski definition) is 2. The minimum absolute atomic E-state index is 0.0599. The van der Waals surface area contributed by atoms with E-state index in [1.54, 1.807) is 0 Å². The number of benzene rings is 2. The third-order valence-electron chi connectivity index (χ3n) is 3.31. The average Bonchev–Trinajstić information content (AvgIpc) is 2.51. The maximum Gasteiger partial charge on any atom is 0.240 e. The van der Waals surface area contributed by atoms with Gasteiger partial charge in [-0.25, -0.2) is 4.39 Å². The van der Waals surface area contributed by atoms with Crippen molar-refractivity contribution < 1.29 is 14.0 Å². The SMILES string of the molecule is NC(=O)[C@@H](Cc1ccc(Br)cc1)NC(=O)Cc1ccc(F)cc1. The Morgan fingerprint density at radius 1 is 1.04 bits per heavy atom. The number of halogens is 2. The van der Waals surface area contributed by atoms with Gasteiger partial charge in [-0.2, -0.15) is 0 Å². The normalized spacial score (nSPS) is 11.7. The third kappa shape index (κ3) is 5.49. The van der Waals surface area contributed by atoms with Crippen LogP contribution in [0, 0.1) is 5.82 Å². The Hall–Kier alpha value is -2.21. The molecule has 2 aromatic carbocycles. The number of carbonyl (C=O) groups excluding carboxylic acids is 2. The summed E-state index contributed by atoms with van der Waals surface area (Å²) in [6.45, 7) is 0. The van der Waals surface area contributed by atoms with Crippen molar-refractivity contribution in [2.24, 2.45) is 5.73 Å². The predicted octanol–water partition coefficient (Wildman–Crippen LogP) is 2.34. The number of nitrogens with two attached hydrogens (primary N) is 1. The van der Waals surface area contributed by atoms with E-state index in [0.717, 1.165) is 10.0 Å². The van der Waals surface area contributed by atoms with Gasteiger partial charge in [0.1, 0.15) is 11.9 Å². The van der Waals surface area contributed by atoms with Crippen molar-refractivity contribution in [1.29, 1.82) is 0 Å². The van der Waals surface area contributed by atoms with Gasteiger partial charge in [0.05, 0.1) is 6.42 Å².